The van der Waals surface area contributed by atoms with E-state index >= 15 is 0 Å². The van der Waals surface area contributed by atoms with E-state index in [1.165, 1.54) is 57.1 Å². The number of hydrogen-bond donors (Lipinski definition) is 2. The van der Waals surface area contributed by atoms with Crippen LogP contribution in [0, 0.1) is 6.92 Å². The molecule has 0 spiro atoms. The van der Waals surface area contributed by atoms with Gasteiger partial charge in [-0.1, -0.05) is 6.07 Å². The Hall–Kier alpha value is -3.66. The van der Waals surface area contributed by atoms with Crippen molar-refractivity contribution < 1.29 is 35.9 Å². The standard InChI is InChI=1S/C33H40N4O8S2/c1-21-6-11-28(34-32(38)26-7-12-29(13-8-26)46(40,41)36-17-22(2)44-23(3)18-36)16-31(21)35-33(39)27-9-14-30(15-10-27)47(42,43)37-19-24(4)45-25(5)20-37/h6-16,22-25H,17-20H2,1-5H3,(H,34,38)(H,35,39)/t22-,23+,24-,25+. The molecule has 0 radical (unpaired) electrons. The van der Waals surface area contributed by atoms with E-state index in [0.717, 1.165) is 5.56 Å². The Kier molecular flexibility index (Phi) is 10.2. The summed E-state index contributed by atoms with van der Waals surface area (Å²) in [6.07, 6.45) is -0.886. The lowest BCUT2D eigenvalue weighted by molar-refractivity contribution is -0.0442. The fourth-order valence-corrected chi connectivity index (χ4v) is 8.92. The number of aryl methyl sites for hydroxylation is 1. The predicted octanol–water partition coefficient (Wildman–Crippen LogP) is 4.10. The maximum absolute atomic E-state index is 13.2. The number of rotatable bonds is 8. The molecule has 0 aliphatic carbocycles. The number of carbonyl (C=O) groups excluding carboxylic acids is 2. The molecular formula is C33H40N4O8S2. The van der Waals surface area contributed by atoms with E-state index in [9.17, 15) is 26.4 Å². The molecule has 2 aliphatic rings. The molecule has 4 atom stereocenters. The third kappa shape index (κ3) is 7.91. The Morgan fingerprint density at radius 2 is 1.00 bits per heavy atom. The predicted molar refractivity (Wildman–Crippen MR) is 178 cm³/mol. The summed E-state index contributed by atoms with van der Waals surface area (Å²) in [7, 11) is -7.50. The normalized spacial score (nSPS) is 22.8. The molecule has 0 bridgehead atoms. The maximum atomic E-state index is 13.2. The van der Waals surface area contributed by atoms with Gasteiger partial charge in [0.05, 0.1) is 34.2 Å². The first-order valence-corrected chi connectivity index (χ1v) is 18.3. The number of carbonyl (C=O) groups is 2. The van der Waals surface area contributed by atoms with E-state index in [1.54, 1.807) is 25.1 Å². The van der Waals surface area contributed by atoms with Crippen molar-refractivity contribution in [3.8, 4) is 0 Å². The van der Waals surface area contributed by atoms with Crippen molar-refractivity contribution in [3.63, 3.8) is 0 Å². The van der Waals surface area contributed by atoms with Crippen molar-refractivity contribution in [1.29, 1.82) is 0 Å². The molecule has 3 aromatic rings. The number of hydrogen-bond acceptors (Lipinski definition) is 8. The first-order chi connectivity index (χ1) is 22.1. The quantitative estimate of drug-likeness (QED) is 0.360. The summed E-state index contributed by atoms with van der Waals surface area (Å²) in [6.45, 7) is 10.1. The van der Waals surface area contributed by atoms with Gasteiger partial charge in [0.15, 0.2) is 0 Å². The molecule has 12 nitrogen and oxygen atoms in total. The highest BCUT2D eigenvalue weighted by Gasteiger charge is 2.33. The minimum absolute atomic E-state index is 0.0895. The van der Waals surface area contributed by atoms with Crippen molar-refractivity contribution in [2.75, 3.05) is 36.8 Å². The van der Waals surface area contributed by atoms with Crippen LogP contribution in [-0.2, 0) is 29.5 Å². The van der Waals surface area contributed by atoms with Gasteiger partial charge in [0, 0.05) is 48.7 Å². The van der Waals surface area contributed by atoms with Crippen molar-refractivity contribution in [3.05, 3.63) is 83.4 Å². The summed E-state index contributed by atoms with van der Waals surface area (Å²) in [6, 6.07) is 16.5. The molecule has 2 saturated heterocycles. The van der Waals surface area contributed by atoms with Crippen molar-refractivity contribution in [2.45, 2.75) is 68.8 Å². The van der Waals surface area contributed by atoms with E-state index in [-0.39, 0.29) is 71.5 Å². The molecule has 252 valence electrons. The Labute approximate surface area is 276 Å². The average molecular weight is 685 g/mol. The van der Waals surface area contributed by atoms with Crippen LogP contribution < -0.4 is 10.6 Å². The first-order valence-electron chi connectivity index (χ1n) is 15.4. The fraction of sp³-hybridized carbons (Fsp3) is 0.394. The molecular weight excluding hydrogens is 645 g/mol. The second-order valence-corrected chi connectivity index (χ2v) is 16.0. The highest BCUT2D eigenvalue weighted by molar-refractivity contribution is 7.89. The zero-order chi connectivity index (χ0) is 34.1. The number of nitrogens with one attached hydrogen (secondary N) is 2. The molecule has 2 amide bonds. The summed E-state index contributed by atoms with van der Waals surface area (Å²) < 4.78 is 66.8. The largest absolute Gasteiger partial charge is 0.373 e. The van der Waals surface area contributed by atoms with Crippen molar-refractivity contribution >= 4 is 43.2 Å². The molecule has 2 fully saturated rings. The van der Waals surface area contributed by atoms with Crippen LogP contribution in [-0.4, -0.2) is 87.9 Å². The van der Waals surface area contributed by atoms with Crippen LogP contribution in [0.15, 0.2) is 76.5 Å². The van der Waals surface area contributed by atoms with Gasteiger partial charge in [0.2, 0.25) is 20.0 Å². The molecule has 0 aromatic heterocycles. The molecule has 0 saturated carbocycles. The van der Waals surface area contributed by atoms with Gasteiger partial charge in [-0.3, -0.25) is 9.59 Å². The Balaban J connectivity index is 1.23. The topological polar surface area (TPSA) is 151 Å². The smallest absolute Gasteiger partial charge is 0.255 e. The number of nitrogens with zero attached hydrogens (tertiary/aromatic N) is 2. The van der Waals surface area contributed by atoms with Gasteiger partial charge in [-0.05, 0) is 101 Å². The number of ether oxygens (including phenoxy) is 2. The first kappa shape index (κ1) is 34.7. The van der Waals surface area contributed by atoms with Gasteiger partial charge in [0.1, 0.15) is 0 Å². The maximum Gasteiger partial charge on any atom is 0.255 e. The molecule has 5 rings (SSSR count). The Morgan fingerprint density at radius 1 is 0.617 bits per heavy atom. The Bertz CT molecular complexity index is 1830. The molecule has 0 unspecified atom stereocenters. The lowest BCUT2D eigenvalue weighted by Crippen LogP contribution is -2.48. The average Bonchev–Trinajstić information content (AvgIpc) is 3.02. The molecule has 47 heavy (non-hydrogen) atoms. The number of morpholine rings is 2. The molecule has 2 heterocycles. The van der Waals surface area contributed by atoms with Gasteiger partial charge in [-0.25, -0.2) is 16.8 Å². The molecule has 3 aromatic carbocycles. The zero-order valence-electron chi connectivity index (χ0n) is 27.0. The van der Waals surface area contributed by atoms with Crippen LogP contribution in [0.2, 0.25) is 0 Å². The lowest BCUT2D eigenvalue weighted by Gasteiger charge is -2.34. The van der Waals surface area contributed by atoms with E-state index in [1.807, 2.05) is 27.7 Å². The third-order valence-corrected chi connectivity index (χ3v) is 11.7. The number of benzene rings is 3. The zero-order valence-corrected chi connectivity index (χ0v) is 28.6. The minimum Gasteiger partial charge on any atom is -0.373 e. The number of sulfonamides is 2. The van der Waals surface area contributed by atoms with Crippen LogP contribution in [0.4, 0.5) is 11.4 Å². The highest BCUT2D eigenvalue weighted by atomic mass is 32.2. The number of amides is 2. The van der Waals surface area contributed by atoms with Gasteiger partial charge in [0.25, 0.3) is 11.8 Å². The summed E-state index contributed by atoms with van der Waals surface area (Å²) in [4.78, 5) is 26.3. The van der Waals surface area contributed by atoms with Gasteiger partial charge in [-0.2, -0.15) is 8.61 Å². The van der Waals surface area contributed by atoms with Crippen LogP contribution in [0.25, 0.3) is 0 Å². The molecule has 2 N–H and O–H groups in total. The van der Waals surface area contributed by atoms with Crippen molar-refractivity contribution in [2.24, 2.45) is 0 Å². The van der Waals surface area contributed by atoms with Gasteiger partial charge in [-0.15, -0.1) is 0 Å². The van der Waals surface area contributed by atoms with Crippen molar-refractivity contribution in [1.82, 2.24) is 8.61 Å². The summed E-state index contributed by atoms with van der Waals surface area (Å²) in [5.41, 5.74) is 2.13. The second-order valence-electron chi connectivity index (χ2n) is 12.1. The van der Waals surface area contributed by atoms with E-state index in [4.69, 9.17) is 9.47 Å². The van der Waals surface area contributed by atoms with Gasteiger partial charge < -0.3 is 20.1 Å². The SMILES string of the molecule is Cc1ccc(NC(=O)c2ccc(S(=O)(=O)N3C[C@@H](C)O[C@@H](C)C3)cc2)cc1NC(=O)c1ccc(S(=O)(=O)N2C[C@@H](C)O[C@@H](C)C2)cc1. The van der Waals surface area contributed by atoms with Crippen LogP contribution >= 0.6 is 0 Å². The lowest BCUT2D eigenvalue weighted by atomic mass is 10.1. The van der Waals surface area contributed by atoms with Gasteiger partial charge >= 0.3 is 0 Å². The van der Waals surface area contributed by atoms with E-state index in [2.05, 4.69) is 10.6 Å². The van der Waals surface area contributed by atoms with E-state index in [0.29, 0.717) is 11.4 Å². The monoisotopic (exact) mass is 684 g/mol. The Morgan fingerprint density at radius 3 is 1.40 bits per heavy atom. The van der Waals surface area contributed by atoms with E-state index < -0.39 is 31.9 Å². The fourth-order valence-electron chi connectivity index (χ4n) is 5.74. The minimum atomic E-state index is -3.75. The summed E-state index contributed by atoms with van der Waals surface area (Å²) >= 11 is 0. The summed E-state index contributed by atoms with van der Waals surface area (Å²) in [5.74, 6) is -0.903. The number of anilines is 2. The molecule has 2 aliphatic heterocycles. The van der Waals surface area contributed by atoms with Crippen LogP contribution in [0.1, 0.15) is 54.0 Å². The third-order valence-electron chi connectivity index (χ3n) is 8.02. The van der Waals surface area contributed by atoms with Crippen LogP contribution in [0.3, 0.4) is 0 Å². The van der Waals surface area contributed by atoms with Crippen LogP contribution in [0.5, 0.6) is 0 Å². The second kappa shape index (κ2) is 13.8. The summed E-state index contributed by atoms with van der Waals surface area (Å²) in [5, 5.41) is 5.61. The highest BCUT2D eigenvalue weighted by Crippen LogP contribution is 2.25. The molecule has 14 heteroatoms.